The third-order valence-corrected chi connectivity index (χ3v) is 3.42. The van der Waals surface area contributed by atoms with Crippen molar-refractivity contribution in [3.8, 4) is 0 Å². The molecule has 0 aromatic heterocycles. The Morgan fingerprint density at radius 3 is 1.12 bits per heavy atom. The molecule has 1 aliphatic carbocycles. The molecular formula is C14F10. The van der Waals surface area contributed by atoms with Gasteiger partial charge in [0.15, 0.2) is 46.5 Å². The quantitative estimate of drug-likeness (QED) is 0.417. The zero-order valence-corrected chi connectivity index (χ0v) is 10.8. The molecule has 1 aliphatic rings. The summed E-state index contributed by atoms with van der Waals surface area (Å²) >= 11 is 0. The van der Waals surface area contributed by atoms with E-state index in [4.69, 9.17) is 0 Å². The van der Waals surface area contributed by atoms with Gasteiger partial charge in [-0.05, 0) is 0 Å². The van der Waals surface area contributed by atoms with E-state index in [1.54, 1.807) is 0 Å². The summed E-state index contributed by atoms with van der Waals surface area (Å²) in [6.45, 7) is 0. The monoisotopic (exact) mass is 358 g/mol. The third kappa shape index (κ3) is 1.76. The van der Waals surface area contributed by atoms with Crippen molar-refractivity contribution in [1.29, 1.82) is 0 Å². The van der Waals surface area contributed by atoms with Crippen LogP contribution in [0.25, 0.3) is 11.4 Å². The zero-order valence-electron chi connectivity index (χ0n) is 10.8. The van der Waals surface area contributed by atoms with Crippen molar-refractivity contribution >= 4 is 11.4 Å². The number of rotatable bonds is 1. The van der Waals surface area contributed by atoms with Crippen LogP contribution in [0.3, 0.4) is 0 Å². The van der Waals surface area contributed by atoms with Crippen molar-refractivity contribution in [3.05, 3.63) is 68.4 Å². The molecule has 0 bridgehead atoms. The lowest BCUT2D eigenvalue weighted by molar-refractivity contribution is 0.375. The van der Waals surface area contributed by atoms with E-state index < -0.39 is 79.8 Å². The number of halogens is 10. The first-order valence-corrected chi connectivity index (χ1v) is 5.89. The topological polar surface area (TPSA) is 0 Å². The predicted octanol–water partition coefficient (Wildman–Crippen LogP) is 3.23. The highest BCUT2D eigenvalue weighted by Crippen LogP contribution is 2.34. The first-order chi connectivity index (χ1) is 11.1. The van der Waals surface area contributed by atoms with E-state index in [0.717, 1.165) is 0 Å². The molecule has 0 atom stereocenters. The molecule has 0 heterocycles. The van der Waals surface area contributed by atoms with Crippen LogP contribution in [0.2, 0.25) is 0 Å². The molecule has 0 saturated carbocycles. The minimum Gasteiger partial charge on any atom is -0.205 e. The van der Waals surface area contributed by atoms with Crippen molar-refractivity contribution in [2.24, 2.45) is 0 Å². The Labute approximate surface area is 124 Å². The number of benzene rings is 2. The van der Waals surface area contributed by atoms with Crippen LogP contribution in [0, 0.1) is 52.4 Å². The first kappa shape index (κ1) is 16.3. The van der Waals surface area contributed by atoms with Crippen LogP contribution in [0.15, 0.2) is 0 Å². The molecule has 0 fully saturated rings. The minimum absolute atomic E-state index is 1.47. The molecule has 0 amide bonds. The van der Waals surface area contributed by atoms with E-state index in [1.807, 2.05) is 0 Å². The zero-order chi connectivity index (χ0) is 18.1. The molecule has 0 radical (unpaired) electrons. The minimum atomic E-state index is -2.56. The molecule has 0 unspecified atom stereocenters. The van der Waals surface area contributed by atoms with Crippen LogP contribution in [0.5, 0.6) is 0 Å². The van der Waals surface area contributed by atoms with E-state index in [-0.39, 0.29) is 0 Å². The first-order valence-electron chi connectivity index (χ1n) is 5.89. The maximum absolute atomic E-state index is 13.8. The SMILES string of the molecule is FC1=c2c(F)c(F)c(F)c(F)c2=C1c1c(F)c(F)c(F)c(F)c1F. The van der Waals surface area contributed by atoms with Gasteiger partial charge in [0.2, 0.25) is 5.82 Å². The van der Waals surface area contributed by atoms with E-state index in [1.165, 1.54) is 0 Å². The fraction of sp³-hybridized carbons (Fsp3) is 0. The van der Waals surface area contributed by atoms with Gasteiger partial charge in [0, 0.05) is 10.8 Å². The highest BCUT2D eigenvalue weighted by Gasteiger charge is 2.36. The van der Waals surface area contributed by atoms with Crippen LogP contribution in [-0.4, -0.2) is 0 Å². The average molecular weight is 358 g/mol. The lowest BCUT2D eigenvalue weighted by Crippen LogP contribution is -2.45. The van der Waals surface area contributed by atoms with Crippen molar-refractivity contribution in [3.63, 3.8) is 0 Å². The van der Waals surface area contributed by atoms with Crippen molar-refractivity contribution in [1.82, 2.24) is 0 Å². The van der Waals surface area contributed by atoms with Gasteiger partial charge in [0.25, 0.3) is 0 Å². The maximum atomic E-state index is 13.8. The van der Waals surface area contributed by atoms with Crippen LogP contribution >= 0.6 is 0 Å². The highest BCUT2D eigenvalue weighted by molar-refractivity contribution is 5.99. The van der Waals surface area contributed by atoms with E-state index in [0.29, 0.717) is 0 Å². The van der Waals surface area contributed by atoms with Crippen LogP contribution in [0.1, 0.15) is 5.56 Å². The highest BCUT2D eigenvalue weighted by atomic mass is 19.2. The van der Waals surface area contributed by atoms with E-state index in [2.05, 4.69) is 0 Å². The van der Waals surface area contributed by atoms with E-state index in [9.17, 15) is 43.9 Å². The van der Waals surface area contributed by atoms with Gasteiger partial charge in [-0.2, -0.15) is 0 Å². The molecule has 0 N–H and O–H groups in total. The molecule has 10 heteroatoms. The largest absolute Gasteiger partial charge is 0.205 e. The lowest BCUT2D eigenvalue weighted by Gasteiger charge is -2.18. The summed E-state index contributed by atoms with van der Waals surface area (Å²) in [4.78, 5) is 0. The Hall–Kier alpha value is -2.52. The van der Waals surface area contributed by atoms with Gasteiger partial charge in [0.05, 0.1) is 10.8 Å². The molecule has 2 aromatic rings. The fourth-order valence-corrected chi connectivity index (χ4v) is 2.30. The molecule has 24 heavy (non-hydrogen) atoms. The van der Waals surface area contributed by atoms with Crippen LogP contribution in [-0.2, 0) is 0 Å². The second-order valence-electron chi connectivity index (χ2n) is 4.64. The third-order valence-electron chi connectivity index (χ3n) is 3.42. The summed E-state index contributed by atoms with van der Waals surface area (Å²) in [5.41, 5.74) is -3.51. The Morgan fingerprint density at radius 2 is 0.667 bits per heavy atom. The Morgan fingerprint density at radius 1 is 0.333 bits per heavy atom. The normalized spacial score (nSPS) is 13.2. The smallest absolute Gasteiger partial charge is 0.200 e. The lowest BCUT2D eigenvalue weighted by atomic mass is 9.90. The summed E-state index contributed by atoms with van der Waals surface area (Å²) in [5.74, 6) is -23.8. The molecule has 0 nitrogen and oxygen atoms in total. The Balaban J connectivity index is 2.54. The van der Waals surface area contributed by atoms with Crippen molar-refractivity contribution in [2.45, 2.75) is 0 Å². The van der Waals surface area contributed by atoms with Gasteiger partial charge in [0.1, 0.15) is 5.83 Å². The summed E-state index contributed by atoms with van der Waals surface area (Å²) < 4.78 is 134. The van der Waals surface area contributed by atoms with Crippen molar-refractivity contribution in [2.75, 3.05) is 0 Å². The molecule has 126 valence electrons. The predicted molar refractivity (Wildman–Crippen MR) is 58.8 cm³/mol. The fourth-order valence-electron chi connectivity index (χ4n) is 2.30. The van der Waals surface area contributed by atoms with E-state index >= 15 is 0 Å². The van der Waals surface area contributed by atoms with Gasteiger partial charge in [-0.1, -0.05) is 0 Å². The number of hydrogen-bond acceptors (Lipinski definition) is 0. The summed E-state index contributed by atoms with van der Waals surface area (Å²) in [6.07, 6.45) is 0. The second kappa shape index (κ2) is 4.99. The standard InChI is InChI=1S/C14F10/c15-5-1(2-3(5)7(17)11(21)10(20)6(2)16)4-8(18)12(22)14(24)13(23)9(4)19. The van der Waals surface area contributed by atoms with Gasteiger partial charge in [-0.15, -0.1) is 0 Å². The molecular weight excluding hydrogens is 358 g/mol. The van der Waals surface area contributed by atoms with Crippen molar-refractivity contribution < 1.29 is 43.9 Å². The molecule has 0 spiro atoms. The Bertz CT molecular complexity index is 1020. The summed E-state index contributed by atoms with van der Waals surface area (Å²) in [7, 11) is 0. The summed E-state index contributed by atoms with van der Waals surface area (Å²) in [6, 6.07) is 0. The number of fused-ring (bicyclic) bond motifs is 1. The molecule has 0 aliphatic heterocycles. The number of hydrogen-bond donors (Lipinski definition) is 0. The van der Waals surface area contributed by atoms with Crippen LogP contribution < -0.4 is 10.4 Å². The van der Waals surface area contributed by atoms with Crippen LogP contribution in [0.4, 0.5) is 43.9 Å². The molecule has 0 saturated heterocycles. The van der Waals surface area contributed by atoms with Gasteiger partial charge in [-0.25, -0.2) is 43.9 Å². The van der Waals surface area contributed by atoms with Gasteiger partial charge < -0.3 is 0 Å². The maximum Gasteiger partial charge on any atom is 0.200 e. The van der Waals surface area contributed by atoms with Gasteiger partial charge in [-0.3, -0.25) is 0 Å². The average Bonchev–Trinajstić information content (AvgIpc) is 2.56. The second-order valence-corrected chi connectivity index (χ2v) is 4.64. The molecule has 3 rings (SSSR count). The van der Waals surface area contributed by atoms with Gasteiger partial charge >= 0.3 is 0 Å². The summed E-state index contributed by atoms with van der Waals surface area (Å²) in [5, 5.41) is -2.96. The molecule has 2 aromatic carbocycles. The Kier molecular flexibility index (Phi) is 3.40.